The van der Waals surface area contributed by atoms with E-state index < -0.39 is 0 Å². The van der Waals surface area contributed by atoms with E-state index >= 15 is 0 Å². The SMILES string of the molecule is NC(=O)CC=Cc1cccc(Nc2ccccc2)c1. The second kappa shape index (κ2) is 6.40. The van der Waals surface area contributed by atoms with Gasteiger partial charge < -0.3 is 11.1 Å². The summed E-state index contributed by atoms with van der Waals surface area (Å²) in [4.78, 5) is 10.7. The Morgan fingerprint density at radius 1 is 1.05 bits per heavy atom. The summed E-state index contributed by atoms with van der Waals surface area (Å²) in [5.41, 5.74) is 8.17. The largest absolute Gasteiger partial charge is 0.369 e. The lowest BCUT2D eigenvalue weighted by atomic mass is 10.1. The van der Waals surface area contributed by atoms with Crippen molar-refractivity contribution in [1.29, 1.82) is 0 Å². The van der Waals surface area contributed by atoms with Crippen LogP contribution < -0.4 is 11.1 Å². The molecule has 3 heteroatoms. The van der Waals surface area contributed by atoms with E-state index in [2.05, 4.69) is 5.32 Å². The number of amides is 1. The molecule has 0 aliphatic rings. The zero-order valence-corrected chi connectivity index (χ0v) is 10.5. The van der Waals surface area contributed by atoms with Crippen molar-refractivity contribution in [2.24, 2.45) is 5.73 Å². The van der Waals surface area contributed by atoms with Crippen molar-refractivity contribution < 1.29 is 4.79 Å². The molecule has 0 fully saturated rings. The molecule has 2 aromatic rings. The molecule has 19 heavy (non-hydrogen) atoms. The van der Waals surface area contributed by atoms with Crippen LogP contribution in [-0.4, -0.2) is 5.91 Å². The molecule has 2 aromatic carbocycles. The molecule has 0 atom stereocenters. The minimum Gasteiger partial charge on any atom is -0.369 e. The number of nitrogens with one attached hydrogen (secondary N) is 1. The molecule has 2 rings (SSSR count). The molecule has 0 saturated heterocycles. The van der Waals surface area contributed by atoms with Crippen LogP contribution in [-0.2, 0) is 4.79 Å². The molecule has 3 N–H and O–H groups in total. The van der Waals surface area contributed by atoms with Crippen LogP contribution in [0, 0.1) is 0 Å². The summed E-state index contributed by atoms with van der Waals surface area (Å²) in [6.45, 7) is 0. The van der Waals surface area contributed by atoms with Gasteiger partial charge in [0.2, 0.25) is 5.91 Å². The first-order valence-electron chi connectivity index (χ1n) is 6.11. The first-order chi connectivity index (χ1) is 9.24. The highest BCUT2D eigenvalue weighted by molar-refractivity contribution is 5.76. The zero-order chi connectivity index (χ0) is 13.5. The molecule has 0 aromatic heterocycles. The van der Waals surface area contributed by atoms with E-state index in [1.165, 1.54) is 0 Å². The van der Waals surface area contributed by atoms with Gasteiger partial charge in [-0.3, -0.25) is 4.79 Å². The Hall–Kier alpha value is -2.55. The lowest BCUT2D eigenvalue weighted by Gasteiger charge is -2.06. The third-order valence-electron chi connectivity index (χ3n) is 2.58. The van der Waals surface area contributed by atoms with Gasteiger partial charge in [-0.15, -0.1) is 0 Å². The summed E-state index contributed by atoms with van der Waals surface area (Å²) in [5, 5.41) is 3.32. The summed E-state index contributed by atoms with van der Waals surface area (Å²) in [7, 11) is 0. The third-order valence-corrected chi connectivity index (χ3v) is 2.58. The maximum atomic E-state index is 10.7. The molecule has 0 spiro atoms. The maximum absolute atomic E-state index is 10.7. The van der Waals surface area contributed by atoms with Crippen LogP contribution in [0.25, 0.3) is 6.08 Å². The molecule has 1 amide bonds. The molecule has 96 valence electrons. The van der Waals surface area contributed by atoms with E-state index in [0.29, 0.717) is 0 Å². The Kier molecular flexibility index (Phi) is 4.34. The Bertz CT molecular complexity index is 576. The Balaban J connectivity index is 2.07. The van der Waals surface area contributed by atoms with E-state index in [0.717, 1.165) is 16.9 Å². The second-order valence-corrected chi connectivity index (χ2v) is 4.19. The predicted molar refractivity (Wildman–Crippen MR) is 79.0 cm³/mol. The predicted octanol–water partition coefficient (Wildman–Crippen LogP) is 3.32. The molecular formula is C16H16N2O. The second-order valence-electron chi connectivity index (χ2n) is 4.19. The van der Waals surface area contributed by atoms with E-state index in [1.807, 2.05) is 60.7 Å². The number of nitrogens with two attached hydrogens (primary N) is 1. The fourth-order valence-corrected chi connectivity index (χ4v) is 1.72. The van der Waals surface area contributed by atoms with Gasteiger partial charge in [-0.2, -0.15) is 0 Å². The number of hydrogen-bond acceptors (Lipinski definition) is 2. The molecule has 0 saturated carbocycles. The van der Waals surface area contributed by atoms with E-state index in [4.69, 9.17) is 5.73 Å². The van der Waals surface area contributed by atoms with Crippen molar-refractivity contribution in [3.63, 3.8) is 0 Å². The third kappa shape index (κ3) is 4.32. The van der Waals surface area contributed by atoms with Crippen molar-refractivity contribution in [2.75, 3.05) is 5.32 Å². The van der Waals surface area contributed by atoms with Crippen LogP contribution in [0.1, 0.15) is 12.0 Å². The average molecular weight is 252 g/mol. The standard InChI is InChI=1S/C16H16N2O/c17-16(19)11-5-7-13-6-4-10-15(12-13)18-14-8-2-1-3-9-14/h1-10,12,18H,11H2,(H2,17,19). The van der Waals surface area contributed by atoms with Crippen molar-refractivity contribution in [3.8, 4) is 0 Å². The molecule has 0 heterocycles. The number of carbonyl (C=O) groups excluding carboxylic acids is 1. The minimum absolute atomic E-state index is 0.260. The molecule has 0 unspecified atom stereocenters. The number of para-hydroxylation sites is 1. The minimum atomic E-state index is -0.324. The Labute approximate surface area is 112 Å². The number of primary amides is 1. The van der Waals surface area contributed by atoms with Gasteiger partial charge in [0.15, 0.2) is 0 Å². The van der Waals surface area contributed by atoms with Crippen LogP contribution >= 0.6 is 0 Å². The molecule has 0 radical (unpaired) electrons. The summed E-state index contributed by atoms with van der Waals surface area (Å²) in [6, 6.07) is 17.9. The van der Waals surface area contributed by atoms with Crippen molar-refractivity contribution in [1.82, 2.24) is 0 Å². The average Bonchev–Trinajstić information content (AvgIpc) is 2.40. The molecule has 0 aliphatic carbocycles. The summed E-state index contributed by atoms with van der Waals surface area (Å²) >= 11 is 0. The summed E-state index contributed by atoms with van der Waals surface area (Å²) in [6.07, 6.45) is 3.92. The van der Waals surface area contributed by atoms with Gasteiger partial charge in [0.1, 0.15) is 0 Å². The highest BCUT2D eigenvalue weighted by Crippen LogP contribution is 2.18. The van der Waals surface area contributed by atoms with Crippen LogP contribution in [0.15, 0.2) is 60.7 Å². The topological polar surface area (TPSA) is 55.1 Å². The first kappa shape index (κ1) is 12.9. The monoisotopic (exact) mass is 252 g/mol. The van der Waals surface area contributed by atoms with Crippen LogP contribution in [0.5, 0.6) is 0 Å². The van der Waals surface area contributed by atoms with E-state index in [-0.39, 0.29) is 12.3 Å². The van der Waals surface area contributed by atoms with Gasteiger partial charge in [-0.1, -0.05) is 42.5 Å². The molecular weight excluding hydrogens is 236 g/mol. The van der Waals surface area contributed by atoms with Crippen molar-refractivity contribution in [2.45, 2.75) is 6.42 Å². The van der Waals surface area contributed by atoms with Gasteiger partial charge in [-0.25, -0.2) is 0 Å². The summed E-state index contributed by atoms with van der Waals surface area (Å²) in [5.74, 6) is -0.324. The number of anilines is 2. The van der Waals surface area contributed by atoms with Gasteiger partial charge >= 0.3 is 0 Å². The van der Waals surface area contributed by atoms with Crippen LogP contribution in [0.2, 0.25) is 0 Å². The zero-order valence-electron chi connectivity index (χ0n) is 10.5. The maximum Gasteiger partial charge on any atom is 0.221 e. The normalized spacial score (nSPS) is 10.5. The fourth-order valence-electron chi connectivity index (χ4n) is 1.72. The highest BCUT2D eigenvalue weighted by atomic mass is 16.1. The van der Waals surface area contributed by atoms with Crippen LogP contribution in [0.3, 0.4) is 0 Å². The lowest BCUT2D eigenvalue weighted by Crippen LogP contribution is -2.07. The van der Waals surface area contributed by atoms with Gasteiger partial charge in [0.05, 0.1) is 0 Å². The van der Waals surface area contributed by atoms with E-state index in [9.17, 15) is 4.79 Å². The van der Waals surface area contributed by atoms with Crippen LogP contribution in [0.4, 0.5) is 11.4 Å². The highest BCUT2D eigenvalue weighted by Gasteiger charge is 1.95. The Morgan fingerprint density at radius 2 is 1.79 bits per heavy atom. The quantitative estimate of drug-likeness (QED) is 0.857. The molecule has 0 aliphatic heterocycles. The van der Waals surface area contributed by atoms with Gasteiger partial charge in [0, 0.05) is 17.8 Å². The van der Waals surface area contributed by atoms with E-state index in [1.54, 1.807) is 6.08 Å². The van der Waals surface area contributed by atoms with Crippen molar-refractivity contribution in [3.05, 3.63) is 66.2 Å². The molecule has 0 bridgehead atoms. The number of benzene rings is 2. The molecule has 3 nitrogen and oxygen atoms in total. The summed E-state index contributed by atoms with van der Waals surface area (Å²) < 4.78 is 0. The van der Waals surface area contributed by atoms with Gasteiger partial charge in [0.25, 0.3) is 0 Å². The Morgan fingerprint density at radius 3 is 2.53 bits per heavy atom. The van der Waals surface area contributed by atoms with Crippen molar-refractivity contribution >= 4 is 23.4 Å². The number of hydrogen-bond donors (Lipinski definition) is 2. The fraction of sp³-hybridized carbons (Fsp3) is 0.0625. The van der Waals surface area contributed by atoms with Gasteiger partial charge in [-0.05, 0) is 29.8 Å². The lowest BCUT2D eigenvalue weighted by molar-refractivity contribution is -0.117. The first-order valence-corrected chi connectivity index (χ1v) is 6.11. The number of carbonyl (C=O) groups is 1. The number of rotatable bonds is 5. The smallest absolute Gasteiger partial charge is 0.221 e.